The van der Waals surface area contributed by atoms with E-state index in [1.165, 1.54) is 40.3 Å². The van der Waals surface area contributed by atoms with Gasteiger partial charge in [-0.3, -0.25) is 4.79 Å². The molecule has 50 heavy (non-hydrogen) atoms. The molecule has 0 radical (unpaired) electrons. The van der Waals surface area contributed by atoms with E-state index >= 15 is 0 Å². The van der Waals surface area contributed by atoms with E-state index in [1.807, 2.05) is 76.2 Å². The smallest absolute Gasteiger partial charge is 0.289 e. The largest absolute Gasteiger partial charge is 0.402 e. The topological polar surface area (TPSA) is 17.1 Å². The summed E-state index contributed by atoms with van der Waals surface area (Å²) in [7, 11) is 0. The van der Waals surface area contributed by atoms with Gasteiger partial charge < -0.3 is 0 Å². The van der Waals surface area contributed by atoms with Gasteiger partial charge in [-0.25, -0.2) is 0 Å². The first-order valence-electron chi connectivity index (χ1n) is 16.7. The Morgan fingerprint density at radius 1 is 0.380 bits per heavy atom. The molecule has 4 heteroatoms. The van der Waals surface area contributed by atoms with Crippen LogP contribution in [-0.2, 0) is 5.41 Å². The lowest BCUT2D eigenvalue weighted by molar-refractivity contribution is -0.173. The van der Waals surface area contributed by atoms with E-state index in [0.29, 0.717) is 0 Å². The lowest BCUT2D eigenvalue weighted by Crippen LogP contribution is -2.40. The highest BCUT2D eigenvalue weighted by molar-refractivity contribution is 6.09. The maximum atomic E-state index is 13.7. The number of hydrogen-bond acceptors (Lipinski definition) is 1. The Hall–Kier alpha value is -5.22. The van der Waals surface area contributed by atoms with E-state index in [1.54, 1.807) is 48.5 Å². The van der Waals surface area contributed by atoms with E-state index < -0.39 is 11.6 Å². The number of hydrogen-bond donors (Lipinski definition) is 0. The molecule has 6 aromatic rings. The minimum absolute atomic E-state index is 0.0833. The Kier molecular flexibility index (Phi) is 12.4. The molecule has 0 saturated carbocycles. The average molecular weight is 671 g/mol. The molecule has 0 N–H and O–H groups in total. The third kappa shape index (κ3) is 9.69. The number of aryl methyl sites for hydroxylation is 6. The van der Waals surface area contributed by atoms with Gasteiger partial charge in [0.25, 0.3) is 0 Å². The van der Waals surface area contributed by atoms with E-state index in [-0.39, 0.29) is 16.9 Å². The van der Waals surface area contributed by atoms with Crippen molar-refractivity contribution < 1.29 is 18.0 Å². The normalized spacial score (nSPS) is 11.1. The van der Waals surface area contributed by atoms with Crippen molar-refractivity contribution in [3.8, 4) is 11.1 Å². The van der Waals surface area contributed by atoms with Crippen molar-refractivity contribution in [2.75, 3.05) is 0 Å². The van der Waals surface area contributed by atoms with Crippen LogP contribution in [0, 0.1) is 41.5 Å². The highest BCUT2D eigenvalue weighted by atomic mass is 19.4. The van der Waals surface area contributed by atoms with Crippen molar-refractivity contribution in [1.82, 2.24) is 0 Å². The van der Waals surface area contributed by atoms with E-state index in [9.17, 15) is 18.0 Å². The summed E-state index contributed by atoms with van der Waals surface area (Å²) in [5, 5.41) is 0. The van der Waals surface area contributed by atoms with Crippen LogP contribution in [0.5, 0.6) is 0 Å². The number of halogens is 3. The maximum absolute atomic E-state index is 13.7. The van der Waals surface area contributed by atoms with Crippen LogP contribution < -0.4 is 0 Å². The number of benzene rings is 6. The molecular formula is C46H45F3O. The number of ketones is 1. The van der Waals surface area contributed by atoms with Gasteiger partial charge in [-0.15, -0.1) is 0 Å². The molecule has 0 saturated heterocycles. The second-order valence-electron chi connectivity index (χ2n) is 13.1. The van der Waals surface area contributed by atoms with Crippen LogP contribution in [0.4, 0.5) is 13.2 Å². The monoisotopic (exact) mass is 670 g/mol. The highest BCUT2D eigenvalue weighted by Crippen LogP contribution is 2.46. The number of carbonyl (C=O) groups excluding carboxylic acids is 1. The fourth-order valence-electron chi connectivity index (χ4n) is 5.34. The molecule has 0 aliphatic heterocycles. The Morgan fingerprint density at radius 3 is 0.840 bits per heavy atom. The summed E-state index contributed by atoms with van der Waals surface area (Å²) in [5.74, 6) is 0.0833. The molecule has 256 valence electrons. The fourth-order valence-corrected chi connectivity index (χ4v) is 5.34. The minimum Gasteiger partial charge on any atom is -0.289 e. The summed E-state index contributed by atoms with van der Waals surface area (Å²) >= 11 is 0. The first kappa shape index (κ1) is 37.6. The zero-order valence-electron chi connectivity index (χ0n) is 29.9. The van der Waals surface area contributed by atoms with Crippen LogP contribution in [0.1, 0.15) is 67.4 Å². The first-order chi connectivity index (χ1) is 23.7. The lowest BCUT2D eigenvalue weighted by atomic mass is 9.75. The van der Waals surface area contributed by atoms with Crippen molar-refractivity contribution in [3.63, 3.8) is 0 Å². The SMILES string of the molecule is Cc1ccc(-c2ccc(C)cc2)cc1.Cc1ccc(C(=O)c2ccc(C)cc2)cc1.Cc1ccc(C(C)(c2ccc(C)cc2)C(F)(F)F)cc1. The molecule has 0 spiro atoms. The van der Waals surface area contributed by atoms with Gasteiger partial charge >= 0.3 is 6.18 Å². The summed E-state index contributed by atoms with van der Waals surface area (Å²) in [4.78, 5) is 12.1. The van der Waals surface area contributed by atoms with E-state index in [4.69, 9.17) is 0 Å². The summed E-state index contributed by atoms with van der Waals surface area (Å²) in [5.41, 5.74) is 9.44. The Bertz CT molecular complexity index is 1810. The zero-order valence-corrected chi connectivity index (χ0v) is 29.9. The van der Waals surface area contributed by atoms with Crippen LogP contribution in [0.2, 0.25) is 0 Å². The number of carbonyl (C=O) groups is 1. The predicted molar refractivity (Wildman–Crippen MR) is 202 cm³/mol. The van der Waals surface area contributed by atoms with Crippen molar-refractivity contribution in [2.45, 2.75) is 60.1 Å². The lowest BCUT2D eigenvalue weighted by Gasteiger charge is -2.33. The minimum atomic E-state index is -4.35. The number of rotatable bonds is 5. The van der Waals surface area contributed by atoms with Crippen molar-refractivity contribution in [1.29, 1.82) is 0 Å². The van der Waals surface area contributed by atoms with Gasteiger partial charge in [0.1, 0.15) is 5.41 Å². The molecular weight excluding hydrogens is 625 g/mol. The summed E-state index contributed by atoms with van der Waals surface area (Å²) in [6.45, 7) is 13.2. The number of alkyl halides is 3. The van der Waals surface area contributed by atoms with Crippen LogP contribution in [-0.4, -0.2) is 12.0 Å². The Balaban J connectivity index is 0.000000171. The summed E-state index contributed by atoms with van der Waals surface area (Å²) in [6, 6.07) is 45.7. The highest BCUT2D eigenvalue weighted by Gasteiger charge is 2.53. The van der Waals surface area contributed by atoms with Crippen LogP contribution in [0.25, 0.3) is 11.1 Å². The van der Waals surface area contributed by atoms with E-state index in [0.717, 1.165) is 22.3 Å². The van der Waals surface area contributed by atoms with Crippen LogP contribution >= 0.6 is 0 Å². The Morgan fingerprint density at radius 2 is 0.600 bits per heavy atom. The average Bonchev–Trinajstić information content (AvgIpc) is 3.10. The molecule has 0 heterocycles. The molecule has 0 atom stereocenters. The second-order valence-corrected chi connectivity index (χ2v) is 13.1. The molecule has 0 bridgehead atoms. The van der Waals surface area contributed by atoms with E-state index in [2.05, 4.69) is 62.4 Å². The molecule has 1 nitrogen and oxygen atoms in total. The predicted octanol–water partition coefficient (Wildman–Crippen LogP) is 12.7. The second kappa shape index (κ2) is 16.5. The van der Waals surface area contributed by atoms with Crippen molar-refractivity contribution in [3.05, 3.63) is 201 Å². The molecule has 0 fully saturated rings. The van der Waals surface area contributed by atoms with Gasteiger partial charge in [-0.05, 0) is 70.7 Å². The van der Waals surface area contributed by atoms with Gasteiger partial charge in [0.2, 0.25) is 0 Å². The summed E-state index contributed by atoms with van der Waals surface area (Å²) < 4.78 is 41.0. The maximum Gasteiger partial charge on any atom is 0.402 e. The van der Waals surface area contributed by atoms with Gasteiger partial charge in [0.05, 0.1) is 0 Å². The molecule has 0 unspecified atom stereocenters. The van der Waals surface area contributed by atoms with Gasteiger partial charge in [-0.1, -0.05) is 179 Å². The van der Waals surface area contributed by atoms with Crippen LogP contribution in [0.3, 0.4) is 0 Å². The zero-order chi connectivity index (χ0) is 36.5. The molecule has 6 rings (SSSR count). The molecule has 6 aromatic carbocycles. The molecule has 0 aromatic heterocycles. The summed E-state index contributed by atoms with van der Waals surface area (Å²) in [6.07, 6.45) is -4.35. The van der Waals surface area contributed by atoms with Gasteiger partial charge in [0, 0.05) is 11.1 Å². The van der Waals surface area contributed by atoms with Crippen molar-refractivity contribution >= 4 is 5.78 Å². The third-order valence-electron chi connectivity index (χ3n) is 8.89. The van der Waals surface area contributed by atoms with Gasteiger partial charge in [0.15, 0.2) is 5.78 Å². The van der Waals surface area contributed by atoms with Crippen LogP contribution in [0.15, 0.2) is 146 Å². The molecule has 0 amide bonds. The third-order valence-corrected chi connectivity index (χ3v) is 8.89. The quantitative estimate of drug-likeness (QED) is 0.167. The molecule has 0 aliphatic carbocycles. The van der Waals surface area contributed by atoms with Gasteiger partial charge in [-0.2, -0.15) is 13.2 Å². The molecule has 0 aliphatic rings. The fraction of sp³-hybridized carbons (Fsp3) is 0.196. The van der Waals surface area contributed by atoms with Crippen molar-refractivity contribution in [2.24, 2.45) is 0 Å². The standard InChI is InChI=1S/C17H17F3.C15H14O.C14H14/c1-12-4-8-14(9-5-12)16(3,17(18,19)20)15-10-6-13(2)7-11-15;1-11-3-7-13(8-4-11)15(16)14-9-5-12(2)6-10-14;1-11-3-7-13(8-4-11)14-9-5-12(2)6-10-14/h4-11H,1-3H3;3-10H,1-2H3;3-10H,1-2H3. The first-order valence-corrected chi connectivity index (χ1v) is 16.7. The Labute approximate surface area is 295 Å².